The standard InChI is InChI=1S/C34H42N4O4S/c1-20(2)13-24-14-22(11-12-26(24)29-21(3)36-19-43-29)16-35-31(40)28-15-25(39)18-37(28)33(42)30(34(4,5)6)38-17-23-9-7-8-10-27(23)32(38)41/h7-12,14,19-20,25,28,30,39H,13,15-18H2,1-6H3,(H,35,40). The molecule has 3 amide bonds. The van der Waals surface area contributed by atoms with E-state index in [4.69, 9.17) is 0 Å². The Kier molecular flexibility index (Phi) is 8.77. The number of hydrogen-bond donors (Lipinski definition) is 2. The van der Waals surface area contributed by atoms with Crippen molar-refractivity contribution < 1.29 is 19.5 Å². The molecule has 1 fully saturated rings. The van der Waals surface area contributed by atoms with Crippen molar-refractivity contribution in [1.29, 1.82) is 0 Å². The molecule has 2 aromatic carbocycles. The molecule has 5 rings (SSSR count). The molecule has 1 aromatic heterocycles. The quantitative estimate of drug-likeness (QED) is 0.379. The van der Waals surface area contributed by atoms with E-state index in [0.717, 1.165) is 28.1 Å². The van der Waals surface area contributed by atoms with Crippen LogP contribution in [0.3, 0.4) is 0 Å². The van der Waals surface area contributed by atoms with Gasteiger partial charge in [0.05, 0.1) is 22.2 Å². The van der Waals surface area contributed by atoms with Gasteiger partial charge in [-0.3, -0.25) is 14.4 Å². The van der Waals surface area contributed by atoms with Crippen molar-refractivity contribution in [2.24, 2.45) is 11.3 Å². The summed E-state index contributed by atoms with van der Waals surface area (Å²) in [7, 11) is 0. The van der Waals surface area contributed by atoms with Crippen LogP contribution in [0, 0.1) is 18.3 Å². The van der Waals surface area contributed by atoms with Crippen molar-refractivity contribution in [1.82, 2.24) is 20.1 Å². The van der Waals surface area contributed by atoms with E-state index in [0.29, 0.717) is 24.6 Å². The van der Waals surface area contributed by atoms with E-state index in [1.165, 1.54) is 16.0 Å². The van der Waals surface area contributed by atoms with Gasteiger partial charge in [-0.2, -0.15) is 0 Å². The minimum atomic E-state index is -0.818. The first kappa shape index (κ1) is 30.9. The fourth-order valence-electron chi connectivity index (χ4n) is 6.37. The number of carbonyl (C=O) groups excluding carboxylic acids is 3. The number of aliphatic hydroxyl groups excluding tert-OH is 1. The molecule has 2 aliphatic heterocycles. The highest BCUT2D eigenvalue weighted by atomic mass is 32.1. The molecule has 43 heavy (non-hydrogen) atoms. The van der Waals surface area contributed by atoms with E-state index >= 15 is 0 Å². The van der Waals surface area contributed by atoms with Crippen LogP contribution in [-0.2, 0) is 29.1 Å². The van der Waals surface area contributed by atoms with Gasteiger partial charge in [0.25, 0.3) is 5.91 Å². The van der Waals surface area contributed by atoms with Crippen LogP contribution < -0.4 is 5.32 Å². The molecule has 3 aromatic rings. The third-order valence-corrected chi connectivity index (χ3v) is 9.30. The first-order valence-electron chi connectivity index (χ1n) is 15.0. The van der Waals surface area contributed by atoms with E-state index in [1.54, 1.807) is 22.3 Å². The Morgan fingerprint density at radius 3 is 2.53 bits per heavy atom. The summed E-state index contributed by atoms with van der Waals surface area (Å²) >= 11 is 1.63. The number of nitrogens with zero attached hydrogens (tertiary/aromatic N) is 3. The van der Waals surface area contributed by atoms with Crippen molar-refractivity contribution in [2.45, 2.75) is 85.7 Å². The second kappa shape index (κ2) is 12.2. The van der Waals surface area contributed by atoms with E-state index < -0.39 is 23.6 Å². The highest BCUT2D eigenvalue weighted by molar-refractivity contribution is 7.13. The number of β-amino-alcohol motifs (C(OH)–C–C–N with tert-alkyl or cyclic N) is 1. The Bertz CT molecular complexity index is 1520. The Balaban J connectivity index is 1.33. The molecule has 2 N–H and O–H groups in total. The highest BCUT2D eigenvalue weighted by Gasteiger charge is 2.48. The van der Waals surface area contributed by atoms with Crippen molar-refractivity contribution >= 4 is 29.1 Å². The molecule has 3 heterocycles. The van der Waals surface area contributed by atoms with Crippen LogP contribution in [0.15, 0.2) is 48.0 Å². The topological polar surface area (TPSA) is 103 Å². The lowest BCUT2D eigenvalue weighted by Gasteiger charge is -2.40. The normalized spacial score (nSPS) is 19.2. The summed E-state index contributed by atoms with van der Waals surface area (Å²) in [5, 5.41) is 13.6. The lowest BCUT2D eigenvalue weighted by molar-refractivity contribution is -0.145. The number of aromatic nitrogens is 1. The van der Waals surface area contributed by atoms with Gasteiger partial charge >= 0.3 is 0 Å². The second-order valence-electron chi connectivity index (χ2n) is 13.3. The summed E-state index contributed by atoms with van der Waals surface area (Å²) in [4.78, 5) is 49.8. The largest absolute Gasteiger partial charge is 0.391 e. The van der Waals surface area contributed by atoms with Crippen molar-refractivity contribution in [3.63, 3.8) is 0 Å². The molecular formula is C34H42N4O4S. The second-order valence-corrected chi connectivity index (χ2v) is 14.2. The molecule has 0 saturated carbocycles. The van der Waals surface area contributed by atoms with Gasteiger partial charge in [-0.1, -0.05) is 71.0 Å². The van der Waals surface area contributed by atoms with Crippen LogP contribution >= 0.6 is 11.3 Å². The maximum Gasteiger partial charge on any atom is 0.255 e. The number of likely N-dealkylation sites (tertiary alicyclic amines) is 1. The van der Waals surface area contributed by atoms with Gasteiger partial charge in [-0.25, -0.2) is 4.98 Å². The van der Waals surface area contributed by atoms with Gasteiger partial charge in [0, 0.05) is 31.6 Å². The number of amides is 3. The smallest absolute Gasteiger partial charge is 0.255 e. The number of benzene rings is 2. The summed E-state index contributed by atoms with van der Waals surface area (Å²) in [5.74, 6) is -0.337. The van der Waals surface area contributed by atoms with Gasteiger partial charge in [0.2, 0.25) is 11.8 Å². The van der Waals surface area contributed by atoms with Crippen LogP contribution in [0.2, 0.25) is 0 Å². The average Bonchev–Trinajstić information content (AvgIpc) is 3.63. The van der Waals surface area contributed by atoms with Gasteiger partial charge in [0.15, 0.2) is 0 Å². The van der Waals surface area contributed by atoms with Crippen LogP contribution in [0.4, 0.5) is 0 Å². The minimum Gasteiger partial charge on any atom is -0.391 e. The lowest BCUT2D eigenvalue weighted by atomic mass is 9.84. The molecule has 0 bridgehead atoms. The number of aryl methyl sites for hydroxylation is 1. The van der Waals surface area contributed by atoms with Gasteiger partial charge < -0.3 is 20.2 Å². The Morgan fingerprint density at radius 2 is 1.88 bits per heavy atom. The molecule has 8 nitrogen and oxygen atoms in total. The summed E-state index contributed by atoms with van der Waals surface area (Å²) in [6.07, 6.45) is 0.246. The third kappa shape index (κ3) is 6.38. The minimum absolute atomic E-state index is 0.0555. The van der Waals surface area contributed by atoms with Crippen molar-refractivity contribution in [2.75, 3.05) is 6.54 Å². The maximum absolute atomic E-state index is 14.2. The lowest BCUT2D eigenvalue weighted by Crippen LogP contribution is -2.57. The Labute approximate surface area is 258 Å². The fourth-order valence-corrected chi connectivity index (χ4v) is 7.24. The zero-order valence-corrected chi connectivity index (χ0v) is 26.7. The highest BCUT2D eigenvalue weighted by Crippen LogP contribution is 2.35. The number of carbonyl (C=O) groups is 3. The summed E-state index contributed by atoms with van der Waals surface area (Å²) < 4.78 is 0. The van der Waals surface area contributed by atoms with Crippen LogP contribution in [-0.4, -0.2) is 62.3 Å². The number of fused-ring (bicyclic) bond motifs is 1. The molecule has 0 aliphatic carbocycles. The molecule has 3 atom stereocenters. The zero-order chi connectivity index (χ0) is 31.1. The first-order chi connectivity index (χ1) is 20.3. The fraction of sp³-hybridized carbons (Fsp3) is 0.471. The number of thiazole rings is 1. The number of hydrogen-bond acceptors (Lipinski definition) is 6. The van der Waals surface area contributed by atoms with E-state index in [9.17, 15) is 19.5 Å². The van der Waals surface area contributed by atoms with E-state index in [2.05, 4.69) is 36.3 Å². The van der Waals surface area contributed by atoms with Gasteiger partial charge in [-0.15, -0.1) is 11.3 Å². The zero-order valence-electron chi connectivity index (χ0n) is 25.9. The third-order valence-electron chi connectivity index (χ3n) is 8.33. The monoisotopic (exact) mass is 602 g/mol. The van der Waals surface area contributed by atoms with E-state index in [1.807, 2.05) is 57.5 Å². The summed E-state index contributed by atoms with van der Waals surface area (Å²) in [5.41, 5.74) is 7.14. The molecule has 1 saturated heterocycles. The van der Waals surface area contributed by atoms with Crippen LogP contribution in [0.5, 0.6) is 0 Å². The Hall–Kier alpha value is -3.56. The number of nitrogens with one attached hydrogen (secondary N) is 1. The molecule has 9 heteroatoms. The summed E-state index contributed by atoms with van der Waals surface area (Å²) in [6, 6.07) is 12.1. The van der Waals surface area contributed by atoms with Crippen molar-refractivity contribution in [3.8, 4) is 10.4 Å². The SMILES string of the molecule is Cc1ncsc1-c1ccc(CNC(=O)C2CC(O)CN2C(=O)C(N2Cc3ccccc3C2=O)C(C)(C)C)cc1CC(C)C. The van der Waals surface area contributed by atoms with E-state index in [-0.39, 0.29) is 30.7 Å². The molecule has 3 unspecified atom stereocenters. The molecular weight excluding hydrogens is 560 g/mol. The molecule has 0 radical (unpaired) electrons. The van der Waals surface area contributed by atoms with Gasteiger partial charge in [0.1, 0.15) is 12.1 Å². The molecule has 0 spiro atoms. The van der Waals surface area contributed by atoms with Crippen LogP contribution in [0.25, 0.3) is 10.4 Å². The number of rotatable bonds is 8. The Morgan fingerprint density at radius 1 is 1.14 bits per heavy atom. The van der Waals surface area contributed by atoms with Crippen molar-refractivity contribution in [3.05, 3.63) is 75.9 Å². The number of aliphatic hydroxyl groups is 1. The molecule has 228 valence electrons. The predicted octanol–water partition coefficient (Wildman–Crippen LogP) is 4.97. The average molecular weight is 603 g/mol. The first-order valence-corrected chi connectivity index (χ1v) is 15.9. The van der Waals surface area contributed by atoms with Gasteiger partial charge in [-0.05, 0) is 53.0 Å². The predicted molar refractivity (Wildman–Crippen MR) is 168 cm³/mol. The van der Waals surface area contributed by atoms with Crippen LogP contribution in [0.1, 0.15) is 73.8 Å². The maximum atomic E-state index is 14.2. The summed E-state index contributed by atoms with van der Waals surface area (Å²) in [6.45, 7) is 12.9. The molecule has 2 aliphatic rings.